The van der Waals surface area contributed by atoms with Gasteiger partial charge in [0, 0.05) is 4.47 Å². The highest BCUT2D eigenvalue weighted by atomic mass is 79.9. The Morgan fingerprint density at radius 2 is 1.91 bits per heavy atom. The number of aromatic nitrogens is 3. The summed E-state index contributed by atoms with van der Waals surface area (Å²) in [5.74, 6) is -1.32. The molecular formula is C21H21BrN4O6S2. The van der Waals surface area contributed by atoms with Gasteiger partial charge in [-0.25, -0.2) is 14.6 Å². The summed E-state index contributed by atoms with van der Waals surface area (Å²) in [6, 6.07) is 4.91. The molecule has 180 valence electrons. The number of hydrogen-bond acceptors (Lipinski definition) is 10. The number of carbonyl (C=O) groups is 3. The van der Waals surface area contributed by atoms with Gasteiger partial charge in [0.25, 0.3) is 0 Å². The van der Waals surface area contributed by atoms with Crippen LogP contribution in [0.1, 0.15) is 39.4 Å². The fourth-order valence-corrected chi connectivity index (χ4v) is 4.93. The van der Waals surface area contributed by atoms with E-state index in [0.717, 1.165) is 27.6 Å². The van der Waals surface area contributed by atoms with Gasteiger partial charge < -0.3 is 19.9 Å². The number of amides is 1. The highest BCUT2D eigenvalue weighted by molar-refractivity contribution is 9.10. The molecule has 0 atom stereocenters. The summed E-state index contributed by atoms with van der Waals surface area (Å²) in [5, 5.41) is 20.0. The largest absolute Gasteiger partial charge is 0.507 e. The number of rotatable bonds is 9. The van der Waals surface area contributed by atoms with Gasteiger partial charge in [0.05, 0.1) is 30.1 Å². The van der Waals surface area contributed by atoms with E-state index in [-0.39, 0.29) is 40.2 Å². The molecule has 0 radical (unpaired) electrons. The molecule has 0 saturated carbocycles. The first-order chi connectivity index (χ1) is 16.2. The summed E-state index contributed by atoms with van der Waals surface area (Å²) in [7, 11) is 0. The van der Waals surface area contributed by atoms with Crippen LogP contribution in [0.3, 0.4) is 0 Å². The van der Waals surface area contributed by atoms with Crippen molar-refractivity contribution in [2.75, 3.05) is 24.3 Å². The minimum absolute atomic E-state index is 0.0330. The molecule has 0 aliphatic rings. The zero-order chi connectivity index (χ0) is 24.8. The summed E-state index contributed by atoms with van der Waals surface area (Å²) in [6.45, 7) is 5.28. The first-order valence-electron chi connectivity index (χ1n) is 10.1. The fourth-order valence-electron chi connectivity index (χ4n) is 2.86. The van der Waals surface area contributed by atoms with Crippen LogP contribution in [-0.4, -0.2) is 57.1 Å². The topological polar surface area (TPSA) is 143 Å². The van der Waals surface area contributed by atoms with E-state index in [9.17, 15) is 19.5 Å². The third kappa shape index (κ3) is 5.96. The smallest absolute Gasteiger partial charge is 0.348 e. The van der Waals surface area contributed by atoms with Gasteiger partial charge >= 0.3 is 11.9 Å². The predicted molar refractivity (Wildman–Crippen MR) is 132 cm³/mol. The summed E-state index contributed by atoms with van der Waals surface area (Å²) < 4.78 is 10.9. The monoisotopic (exact) mass is 568 g/mol. The molecule has 3 rings (SSSR count). The van der Waals surface area contributed by atoms with E-state index in [2.05, 4.69) is 36.4 Å². The van der Waals surface area contributed by atoms with Crippen molar-refractivity contribution in [3.05, 3.63) is 38.7 Å². The van der Waals surface area contributed by atoms with Crippen molar-refractivity contribution >= 4 is 61.9 Å². The maximum atomic E-state index is 12.6. The Hall–Kier alpha value is -2.90. The number of phenols is 1. The Labute approximate surface area is 211 Å². The zero-order valence-corrected chi connectivity index (χ0v) is 21.6. The summed E-state index contributed by atoms with van der Waals surface area (Å²) in [4.78, 5) is 41.8. The number of esters is 2. The standard InChI is InChI=1S/C21H21BrN4O6S2/c1-4-31-19(29)15-10(3)16(20(30)32-5-2)34-18(15)23-14(28)9-33-21-24-17(25-26-21)12-8-11(22)6-7-13(12)27/h6-8,27H,4-5,9H2,1-3H3,(H,23,28)(H,24,25,26). The fraction of sp³-hybridized carbons (Fsp3) is 0.286. The van der Waals surface area contributed by atoms with Crippen molar-refractivity contribution in [1.82, 2.24) is 15.2 Å². The summed E-state index contributed by atoms with van der Waals surface area (Å²) in [6.07, 6.45) is 0. The van der Waals surface area contributed by atoms with Gasteiger partial charge in [-0.05, 0) is 44.5 Å². The third-order valence-corrected chi connectivity index (χ3v) is 6.88. The molecule has 0 bridgehead atoms. The van der Waals surface area contributed by atoms with Crippen LogP contribution in [-0.2, 0) is 14.3 Å². The number of aromatic amines is 1. The summed E-state index contributed by atoms with van der Waals surface area (Å²) in [5.41, 5.74) is 0.966. The second-order valence-electron chi connectivity index (χ2n) is 6.67. The maximum absolute atomic E-state index is 12.6. The number of aromatic hydroxyl groups is 1. The van der Waals surface area contributed by atoms with Gasteiger partial charge in [-0.2, -0.15) is 0 Å². The maximum Gasteiger partial charge on any atom is 0.348 e. The van der Waals surface area contributed by atoms with Crippen LogP contribution in [0.15, 0.2) is 27.8 Å². The van der Waals surface area contributed by atoms with Crippen LogP contribution < -0.4 is 5.32 Å². The number of thioether (sulfide) groups is 1. The Bertz CT molecular complexity index is 1230. The molecule has 3 N–H and O–H groups in total. The Morgan fingerprint density at radius 1 is 1.21 bits per heavy atom. The minimum Gasteiger partial charge on any atom is -0.507 e. The van der Waals surface area contributed by atoms with Crippen molar-refractivity contribution in [2.24, 2.45) is 0 Å². The molecule has 2 aromatic heterocycles. The molecule has 0 aliphatic carbocycles. The molecule has 0 spiro atoms. The lowest BCUT2D eigenvalue weighted by atomic mass is 10.1. The third-order valence-electron chi connectivity index (χ3n) is 4.35. The molecule has 0 unspecified atom stereocenters. The highest BCUT2D eigenvalue weighted by Crippen LogP contribution is 2.35. The van der Waals surface area contributed by atoms with Crippen LogP contribution in [0.4, 0.5) is 5.00 Å². The first kappa shape index (κ1) is 25.7. The molecule has 0 fully saturated rings. The number of halogens is 1. The van der Waals surface area contributed by atoms with E-state index in [1.54, 1.807) is 32.9 Å². The SMILES string of the molecule is CCOC(=O)c1sc(NC(=O)CSc2n[nH]c(-c3cc(Br)ccc3O)n2)c(C(=O)OCC)c1C. The predicted octanol–water partition coefficient (Wildman–Crippen LogP) is 4.39. The van der Waals surface area contributed by atoms with Crippen LogP contribution in [0.25, 0.3) is 11.4 Å². The average molecular weight is 569 g/mol. The molecule has 1 amide bonds. The first-order valence-corrected chi connectivity index (χ1v) is 12.7. The summed E-state index contributed by atoms with van der Waals surface area (Å²) >= 11 is 5.36. The van der Waals surface area contributed by atoms with Crippen molar-refractivity contribution in [2.45, 2.75) is 25.9 Å². The molecule has 0 aliphatic heterocycles. The zero-order valence-electron chi connectivity index (χ0n) is 18.4. The molecule has 34 heavy (non-hydrogen) atoms. The average Bonchev–Trinajstić information content (AvgIpc) is 3.39. The van der Waals surface area contributed by atoms with E-state index in [1.165, 1.54) is 6.07 Å². The molecule has 13 heteroatoms. The number of nitrogens with one attached hydrogen (secondary N) is 2. The Kier molecular flexibility index (Phi) is 8.69. The molecule has 0 saturated heterocycles. The number of benzene rings is 1. The van der Waals surface area contributed by atoms with Gasteiger partial charge in [-0.1, -0.05) is 27.7 Å². The normalized spacial score (nSPS) is 10.7. The number of ether oxygens (including phenoxy) is 2. The van der Waals surface area contributed by atoms with Crippen LogP contribution in [0.2, 0.25) is 0 Å². The van der Waals surface area contributed by atoms with Crippen LogP contribution in [0.5, 0.6) is 5.75 Å². The quantitative estimate of drug-likeness (QED) is 0.252. The van der Waals surface area contributed by atoms with Crippen LogP contribution >= 0.6 is 39.0 Å². The molecule has 2 heterocycles. The van der Waals surface area contributed by atoms with Crippen molar-refractivity contribution in [1.29, 1.82) is 0 Å². The number of phenolic OH excluding ortho intramolecular Hbond substituents is 1. The van der Waals surface area contributed by atoms with E-state index in [1.807, 2.05) is 0 Å². The van der Waals surface area contributed by atoms with E-state index < -0.39 is 17.8 Å². The van der Waals surface area contributed by atoms with E-state index in [4.69, 9.17) is 9.47 Å². The molecule has 3 aromatic rings. The van der Waals surface area contributed by atoms with Crippen LogP contribution in [0, 0.1) is 6.92 Å². The Balaban J connectivity index is 1.73. The number of thiophene rings is 1. The van der Waals surface area contributed by atoms with Gasteiger partial charge in [0.2, 0.25) is 11.1 Å². The van der Waals surface area contributed by atoms with Gasteiger partial charge in [0.1, 0.15) is 15.6 Å². The lowest BCUT2D eigenvalue weighted by Gasteiger charge is -2.06. The van der Waals surface area contributed by atoms with Crippen molar-refractivity contribution < 1.29 is 29.0 Å². The number of H-pyrrole nitrogens is 1. The lowest BCUT2D eigenvalue weighted by molar-refractivity contribution is -0.113. The minimum atomic E-state index is -0.637. The second kappa shape index (κ2) is 11.5. The van der Waals surface area contributed by atoms with Crippen molar-refractivity contribution in [3.8, 4) is 17.1 Å². The van der Waals surface area contributed by atoms with Gasteiger partial charge in [-0.15, -0.1) is 16.4 Å². The molecule has 1 aromatic carbocycles. The number of hydrogen-bond donors (Lipinski definition) is 3. The van der Waals surface area contributed by atoms with E-state index >= 15 is 0 Å². The molecular weight excluding hydrogens is 548 g/mol. The van der Waals surface area contributed by atoms with Gasteiger partial charge in [-0.3, -0.25) is 9.89 Å². The highest BCUT2D eigenvalue weighted by Gasteiger charge is 2.27. The Morgan fingerprint density at radius 3 is 2.62 bits per heavy atom. The van der Waals surface area contributed by atoms with Crippen molar-refractivity contribution in [3.63, 3.8) is 0 Å². The number of carbonyl (C=O) groups excluding carboxylic acids is 3. The van der Waals surface area contributed by atoms with E-state index in [0.29, 0.717) is 22.1 Å². The molecule has 10 nitrogen and oxygen atoms in total. The number of anilines is 1. The lowest BCUT2D eigenvalue weighted by Crippen LogP contribution is -2.16. The van der Waals surface area contributed by atoms with Gasteiger partial charge in [0.15, 0.2) is 5.82 Å². The second-order valence-corrected chi connectivity index (χ2v) is 9.54. The number of nitrogens with zero attached hydrogens (tertiary/aromatic N) is 2.